The SMILES string of the molecule is CC(C)(C)OC(=O)N/C=C1/CCCCC1NC1CCCN(c2ccc(-n3cccn3)cc2)C1. The predicted molar refractivity (Wildman–Crippen MR) is 132 cm³/mol. The molecule has 0 radical (unpaired) electrons. The number of amides is 1. The summed E-state index contributed by atoms with van der Waals surface area (Å²) in [7, 11) is 0. The fraction of sp³-hybridized carbons (Fsp3) is 0.538. The number of aromatic nitrogens is 2. The number of carbonyl (C=O) groups is 1. The molecule has 2 unspecified atom stereocenters. The number of anilines is 1. The van der Waals surface area contributed by atoms with Crippen LogP contribution in [0.2, 0.25) is 0 Å². The quantitative estimate of drug-likeness (QED) is 0.684. The van der Waals surface area contributed by atoms with Gasteiger partial charge in [-0.3, -0.25) is 5.32 Å². The van der Waals surface area contributed by atoms with Crippen molar-refractivity contribution in [3.8, 4) is 5.69 Å². The summed E-state index contributed by atoms with van der Waals surface area (Å²) in [5, 5.41) is 11.1. The van der Waals surface area contributed by atoms with Crippen molar-refractivity contribution < 1.29 is 9.53 Å². The Morgan fingerprint density at radius 1 is 1.12 bits per heavy atom. The van der Waals surface area contributed by atoms with Gasteiger partial charge in [-0.15, -0.1) is 0 Å². The van der Waals surface area contributed by atoms with E-state index >= 15 is 0 Å². The molecule has 2 fully saturated rings. The van der Waals surface area contributed by atoms with Crippen LogP contribution in [0, 0.1) is 0 Å². The average Bonchev–Trinajstić information content (AvgIpc) is 3.33. The minimum Gasteiger partial charge on any atom is -0.444 e. The van der Waals surface area contributed by atoms with Crippen LogP contribution >= 0.6 is 0 Å². The van der Waals surface area contributed by atoms with Gasteiger partial charge in [0.1, 0.15) is 5.60 Å². The Morgan fingerprint density at radius 2 is 1.91 bits per heavy atom. The first-order valence-electron chi connectivity index (χ1n) is 12.2. The van der Waals surface area contributed by atoms with Gasteiger partial charge in [0.15, 0.2) is 0 Å². The summed E-state index contributed by atoms with van der Waals surface area (Å²) in [5.41, 5.74) is 3.11. The van der Waals surface area contributed by atoms with Crippen LogP contribution in [-0.4, -0.2) is 46.6 Å². The number of alkyl carbamates (subject to hydrolysis) is 1. The third-order valence-corrected chi connectivity index (χ3v) is 6.27. The molecule has 7 nitrogen and oxygen atoms in total. The number of benzene rings is 1. The standard InChI is InChI=1S/C26H37N5O2/c1-26(2,3)33-25(32)27-18-20-8-4-5-10-24(20)29-21-9-6-16-30(19-21)22-11-13-23(14-12-22)31-17-7-15-28-31/h7,11-15,17-18,21,24,29H,4-6,8-10,16,19H2,1-3H3,(H,27,32)/b20-18-. The summed E-state index contributed by atoms with van der Waals surface area (Å²) in [6.45, 7) is 7.70. The lowest BCUT2D eigenvalue weighted by Crippen LogP contribution is -2.50. The van der Waals surface area contributed by atoms with Crippen LogP contribution < -0.4 is 15.5 Å². The lowest BCUT2D eigenvalue weighted by molar-refractivity contribution is 0.0551. The number of carbonyl (C=O) groups excluding carboxylic acids is 1. The van der Waals surface area contributed by atoms with E-state index in [0.29, 0.717) is 12.1 Å². The van der Waals surface area contributed by atoms with Gasteiger partial charge < -0.3 is 15.0 Å². The largest absolute Gasteiger partial charge is 0.444 e. The molecular formula is C26H37N5O2. The number of hydrogen-bond acceptors (Lipinski definition) is 5. The molecule has 1 aromatic heterocycles. The van der Waals surface area contributed by atoms with Crippen LogP contribution in [-0.2, 0) is 4.74 Å². The molecule has 1 aromatic carbocycles. The molecule has 1 amide bonds. The van der Waals surface area contributed by atoms with Crippen molar-refractivity contribution in [3.05, 3.63) is 54.5 Å². The van der Waals surface area contributed by atoms with Crippen LogP contribution in [0.25, 0.3) is 5.69 Å². The molecule has 2 aromatic rings. The lowest BCUT2D eigenvalue weighted by atomic mass is 9.89. The van der Waals surface area contributed by atoms with E-state index in [2.05, 4.69) is 44.9 Å². The minimum atomic E-state index is -0.491. The molecule has 178 valence electrons. The normalized spacial score (nSPS) is 22.9. The fourth-order valence-electron chi connectivity index (χ4n) is 4.73. The topological polar surface area (TPSA) is 71.4 Å². The number of rotatable bonds is 5. The highest BCUT2D eigenvalue weighted by Crippen LogP contribution is 2.26. The van der Waals surface area contributed by atoms with E-state index in [1.165, 1.54) is 36.9 Å². The van der Waals surface area contributed by atoms with Gasteiger partial charge in [0.05, 0.1) is 5.69 Å². The summed E-state index contributed by atoms with van der Waals surface area (Å²) in [6.07, 6.45) is 12.1. The zero-order valence-electron chi connectivity index (χ0n) is 20.1. The number of ether oxygens (including phenoxy) is 1. The second-order valence-electron chi connectivity index (χ2n) is 10.1. The summed E-state index contributed by atoms with van der Waals surface area (Å²) < 4.78 is 7.26. The van der Waals surface area contributed by atoms with Crippen molar-refractivity contribution >= 4 is 11.8 Å². The Balaban J connectivity index is 1.35. The van der Waals surface area contributed by atoms with Crippen LogP contribution in [0.5, 0.6) is 0 Å². The summed E-state index contributed by atoms with van der Waals surface area (Å²) in [5.74, 6) is 0. The Kier molecular flexibility index (Phi) is 7.38. The van der Waals surface area contributed by atoms with Gasteiger partial charge in [0.2, 0.25) is 0 Å². The third-order valence-electron chi connectivity index (χ3n) is 6.27. The maximum absolute atomic E-state index is 12.1. The number of nitrogens with zero attached hydrogens (tertiary/aromatic N) is 3. The molecule has 2 atom stereocenters. The van der Waals surface area contributed by atoms with E-state index in [1.54, 1.807) is 6.20 Å². The maximum atomic E-state index is 12.1. The molecule has 2 aliphatic rings. The van der Waals surface area contributed by atoms with Crippen LogP contribution in [0.1, 0.15) is 59.3 Å². The summed E-state index contributed by atoms with van der Waals surface area (Å²) >= 11 is 0. The highest BCUT2D eigenvalue weighted by Gasteiger charge is 2.26. The van der Waals surface area contributed by atoms with E-state index in [-0.39, 0.29) is 6.09 Å². The average molecular weight is 452 g/mol. The highest BCUT2D eigenvalue weighted by atomic mass is 16.6. The van der Waals surface area contributed by atoms with E-state index in [9.17, 15) is 4.79 Å². The Labute approximate surface area is 197 Å². The molecule has 2 heterocycles. The predicted octanol–water partition coefficient (Wildman–Crippen LogP) is 4.78. The molecule has 33 heavy (non-hydrogen) atoms. The Hall–Kier alpha value is -2.80. The van der Waals surface area contributed by atoms with E-state index in [0.717, 1.165) is 31.6 Å². The van der Waals surface area contributed by atoms with E-state index < -0.39 is 5.60 Å². The molecule has 4 rings (SSSR count). The molecule has 2 N–H and O–H groups in total. The molecule has 0 bridgehead atoms. The third kappa shape index (κ3) is 6.60. The number of hydrogen-bond donors (Lipinski definition) is 2. The van der Waals surface area contributed by atoms with Crippen molar-refractivity contribution in [2.24, 2.45) is 0 Å². The van der Waals surface area contributed by atoms with E-state index in [4.69, 9.17) is 4.74 Å². The summed E-state index contributed by atoms with van der Waals surface area (Å²) in [6, 6.07) is 11.3. The number of piperidine rings is 1. The van der Waals surface area contributed by atoms with Gasteiger partial charge in [-0.25, -0.2) is 9.48 Å². The lowest BCUT2D eigenvalue weighted by Gasteiger charge is -2.38. The molecule has 1 saturated carbocycles. The smallest absolute Gasteiger partial charge is 0.411 e. The van der Waals surface area contributed by atoms with Crippen LogP contribution in [0.15, 0.2) is 54.5 Å². The fourth-order valence-corrected chi connectivity index (χ4v) is 4.73. The molecular weight excluding hydrogens is 414 g/mol. The molecule has 1 aliphatic carbocycles. The van der Waals surface area contributed by atoms with E-state index in [1.807, 2.05) is 43.9 Å². The first-order chi connectivity index (χ1) is 15.9. The first kappa shape index (κ1) is 23.4. The van der Waals surface area contributed by atoms with Crippen molar-refractivity contribution in [2.75, 3.05) is 18.0 Å². The van der Waals surface area contributed by atoms with Gasteiger partial charge in [0, 0.05) is 49.5 Å². The summed E-state index contributed by atoms with van der Waals surface area (Å²) in [4.78, 5) is 14.6. The minimum absolute atomic E-state index is 0.306. The van der Waals surface area contributed by atoms with Gasteiger partial charge in [-0.05, 0) is 88.8 Å². The molecule has 0 spiro atoms. The zero-order chi connectivity index (χ0) is 23.3. The first-order valence-corrected chi connectivity index (χ1v) is 12.2. The van der Waals surface area contributed by atoms with Crippen molar-refractivity contribution in [2.45, 2.75) is 77.0 Å². The van der Waals surface area contributed by atoms with Crippen molar-refractivity contribution in [3.63, 3.8) is 0 Å². The van der Waals surface area contributed by atoms with Crippen molar-refractivity contribution in [1.29, 1.82) is 0 Å². The van der Waals surface area contributed by atoms with Crippen molar-refractivity contribution in [1.82, 2.24) is 20.4 Å². The monoisotopic (exact) mass is 451 g/mol. The van der Waals surface area contributed by atoms with Gasteiger partial charge in [-0.1, -0.05) is 6.42 Å². The maximum Gasteiger partial charge on any atom is 0.411 e. The van der Waals surface area contributed by atoms with Gasteiger partial charge >= 0.3 is 6.09 Å². The second kappa shape index (κ2) is 10.4. The molecule has 1 saturated heterocycles. The van der Waals surface area contributed by atoms with Gasteiger partial charge in [-0.2, -0.15) is 5.10 Å². The zero-order valence-corrected chi connectivity index (χ0v) is 20.1. The van der Waals surface area contributed by atoms with Crippen LogP contribution in [0.3, 0.4) is 0 Å². The molecule has 7 heteroatoms. The Bertz CT molecular complexity index is 931. The number of nitrogens with one attached hydrogen (secondary N) is 2. The second-order valence-corrected chi connectivity index (χ2v) is 10.1. The highest BCUT2D eigenvalue weighted by molar-refractivity contribution is 5.69. The molecule has 1 aliphatic heterocycles. The van der Waals surface area contributed by atoms with Gasteiger partial charge in [0.25, 0.3) is 0 Å². The van der Waals surface area contributed by atoms with Crippen LogP contribution in [0.4, 0.5) is 10.5 Å². The Morgan fingerprint density at radius 3 is 2.64 bits per heavy atom.